The van der Waals surface area contributed by atoms with Crippen LogP contribution in [0.15, 0.2) is 0 Å². The largest absolute Gasteiger partial charge is 0.371 e. The molecule has 0 spiro atoms. The van der Waals surface area contributed by atoms with Crippen LogP contribution in [0.1, 0.15) is 52.4 Å². The average Bonchev–Trinajstić information content (AvgIpc) is 2.26. The lowest BCUT2D eigenvalue weighted by atomic mass is 9.84. The van der Waals surface area contributed by atoms with Gasteiger partial charge in [0.2, 0.25) is 0 Å². The summed E-state index contributed by atoms with van der Waals surface area (Å²) in [6.07, 6.45) is 6.60. The molecule has 0 heterocycles. The highest BCUT2D eigenvalue weighted by Crippen LogP contribution is 2.26. The van der Waals surface area contributed by atoms with Crippen LogP contribution in [0.4, 0.5) is 0 Å². The molecule has 0 aliphatic heterocycles. The zero-order valence-corrected chi connectivity index (χ0v) is 9.42. The van der Waals surface area contributed by atoms with Crippen molar-refractivity contribution in [2.45, 2.75) is 58.5 Å². The maximum Gasteiger partial charge on any atom is 0.164 e. The van der Waals surface area contributed by atoms with Gasteiger partial charge in [0, 0.05) is 12.5 Å². The van der Waals surface area contributed by atoms with Crippen molar-refractivity contribution >= 4 is 5.78 Å². The van der Waals surface area contributed by atoms with E-state index >= 15 is 0 Å². The van der Waals surface area contributed by atoms with Crippen molar-refractivity contribution in [1.82, 2.24) is 0 Å². The summed E-state index contributed by atoms with van der Waals surface area (Å²) in [6.45, 7) is 4.63. The molecule has 0 saturated heterocycles. The normalized spacial score (nSPS) is 20.7. The molecule has 0 aromatic heterocycles. The predicted molar refractivity (Wildman–Crippen MR) is 57.3 cm³/mol. The number of carbonyl (C=O) groups is 1. The van der Waals surface area contributed by atoms with Crippen molar-refractivity contribution in [2.24, 2.45) is 5.92 Å². The van der Waals surface area contributed by atoms with E-state index in [1.807, 2.05) is 13.8 Å². The first kappa shape index (κ1) is 11.7. The first-order valence-corrected chi connectivity index (χ1v) is 5.94. The van der Waals surface area contributed by atoms with Crippen LogP contribution in [0.25, 0.3) is 0 Å². The highest BCUT2D eigenvalue weighted by Gasteiger charge is 2.27. The second-order valence-electron chi connectivity index (χ2n) is 4.09. The highest BCUT2D eigenvalue weighted by molar-refractivity contribution is 5.85. The fraction of sp³-hybridized carbons (Fsp3) is 0.917. The maximum atomic E-state index is 12.0. The molecule has 0 aromatic carbocycles. The summed E-state index contributed by atoms with van der Waals surface area (Å²) in [6, 6.07) is 0. The van der Waals surface area contributed by atoms with Crippen LogP contribution in [0.3, 0.4) is 0 Å². The summed E-state index contributed by atoms with van der Waals surface area (Å²) in [5, 5.41) is 0. The third kappa shape index (κ3) is 3.09. The Kier molecular flexibility index (Phi) is 5.16. The van der Waals surface area contributed by atoms with Crippen molar-refractivity contribution in [1.29, 1.82) is 0 Å². The molecule has 1 atom stereocenters. The number of rotatable bonds is 5. The Morgan fingerprint density at radius 1 is 1.29 bits per heavy atom. The van der Waals surface area contributed by atoms with Gasteiger partial charge in [-0.3, -0.25) is 4.79 Å². The minimum atomic E-state index is -0.136. The minimum Gasteiger partial charge on any atom is -0.371 e. The molecule has 2 nitrogen and oxygen atoms in total. The van der Waals surface area contributed by atoms with Crippen LogP contribution < -0.4 is 0 Å². The lowest BCUT2D eigenvalue weighted by Crippen LogP contribution is -2.31. The molecule has 0 bridgehead atoms. The molecule has 1 saturated carbocycles. The molecular weight excluding hydrogens is 176 g/mol. The van der Waals surface area contributed by atoms with E-state index < -0.39 is 0 Å². The Bertz CT molecular complexity index is 164. The van der Waals surface area contributed by atoms with Crippen LogP contribution in [0, 0.1) is 5.92 Å². The van der Waals surface area contributed by atoms with Gasteiger partial charge in [-0.2, -0.15) is 0 Å². The van der Waals surface area contributed by atoms with E-state index in [1.54, 1.807) is 0 Å². The molecular formula is C12H22O2. The number of carbonyl (C=O) groups excluding carboxylic acids is 1. The third-order valence-corrected chi connectivity index (χ3v) is 3.06. The molecule has 0 amide bonds. The molecule has 1 rings (SSSR count). The second kappa shape index (κ2) is 6.18. The van der Waals surface area contributed by atoms with Gasteiger partial charge in [-0.1, -0.05) is 26.2 Å². The average molecular weight is 198 g/mol. The Labute approximate surface area is 87.0 Å². The third-order valence-electron chi connectivity index (χ3n) is 3.06. The van der Waals surface area contributed by atoms with Gasteiger partial charge in [0.25, 0.3) is 0 Å². The number of hydrogen-bond acceptors (Lipinski definition) is 2. The van der Waals surface area contributed by atoms with Crippen LogP contribution in [0.2, 0.25) is 0 Å². The first-order valence-electron chi connectivity index (χ1n) is 5.94. The van der Waals surface area contributed by atoms with Crippen LogP contribution in [-0.4, -0.2) is 18.5 Å². The molecule has 1 aliphatic rings. The molecule has 1 fully saturated rings. The maximum absolute atomic E-state index is 12.0. The van der Waals surface area contributed by atoms with E-state index in [-0.39, 0.29) is 6.10 Å². The van der Waals surface area contributed by atoms with Crippen molar-refractivity contribution in [3.05, 3.63) is 0 Å². The standard InChI is InChI=1S/C12H22O2/c1-3-11(14-4-2)12(13)10-8-6-5-7-9-10/h10-11H,3-9H2,1-2H3. The first-order chi connectivity index (χ1) is 6.79. The fourth-order valence-corrected chi connectivity index (χ4v) is 2.25. The van der Waals surface area contributed by atoms with Gasteiger partial charge in [-0.25, -0.2) is 0 Å². The molecule has 82 valence electrons. The summed E-state index contributed by atoms with van der Waals surface area (Å²) < 4.78 is 5.46. The molecule has 0 radical (unpaired) electrons. The Balaban J connectivity index is 2.43. The van der Waals surface area contributed by atoms with Gasteiger partial charge >= 0.3 is 0 Å². The van der Waals surface area contributed by atoms with E-state index in [4.69, 9.17) is 4.74 Å². The van der Waals surface area contributed by atoms with E-state index in [0.717, 1.165) is 19.3 Å². The molecule has 2 heteroatoms. The summed E-state index contributed by atoms with van der Waals surface area (Å²) in [4.78, 5) is 12.0. The lowest BCUT2D eigenvalue weighted by Gasteiger charge is -2.24. The van der Waals surface area contributed by atoms with Gasteiger partial charge < -0.3 is 4.74 Å². The number of hydrogen-bond donors (Lipinski definition) is 0. The fourth-order valence-electron chi connectivity index (χ4n) is 2.25. The number of ether oxygens (including phenoxy) is 1. The molecule has 0 N–H and O–H groups in total. The smallest absolute Gasteiger partial charge is 0.164 e. The second-order valence-corrected chi connectivity index (χ2v) is 4.09. The molecule has 0 aromatic rings. The van der Waals surface area contributed by atoms with Crippen molar-refractivity contribution in [3.63, 3.8) is 0 Å². The Morgan fingerprint density at radius 3 is 2.43 bits per heavy atom. The molecule has 1 aliphatic carbocycles. The van der Waals surface area contributed by atoms with Gasteiger partial charge in [0.05, 0.1) is 0 Å². The van der Waals surface area contributed by atoms with Crippen LogP contribution >= 0.6 is 0 Å². The molecule has 1 unspecified atom stereocenters. The SMILES string of the molecule is CCOC(CC)C(=O)C1CCCCC1. The van der Waals surface area contributed by atoms with E-state index in [9.17, 15) is 4.79 Å². The van der Waals surface area contributed by atoms with E-state index in [2.05, 4.69) is 0 Å². The predicted octanol–water partition coefficient (Wildman–Crippen LogP) is 2.95. The number of Topliss-reactive ketones (excluding diaryl/α,β-unsaturated/α-hetero) is 1. The summed E-state index contributed by atoms with van der Waals surface area (Å²) in [5.74, 6) is 0.648. The zero-order chi connectivity index (χ0) is 10.4. The van der Waals surface area contributed by atoms with Crippen molar-refractivity contribution < 1.29 is 9.53 Å². The van der Waals surface area contributed by atoms with Crippen LogP contribution in [0.5, 0.6) is 0 Å². The monoisotopic (exact) mass is 198 g/mol. The Morgan fingerprint density at radius 2 is 1.93 bits per heavy atom. The van der Waals surface area contributed by atoms with E-state index in [0.29, 0.717) is 18.3 Å². The molecule has 14 heavy (non-hydrogen) atoms. The van der Waals surface area contributed by atoms with Gasteiger partial charge in [-0.15, -0.1) is 0 Å². The summed E-state index contributed by atoms with van der Waals surface area (Å²) >= 11 is 0. The number of ketones is 1. The summed E-state index contributed by atoms with van der Waals surface area (Å²) in [7, 11) is 0. The van der Waals surface area contributed by atoms with Crippen LogP contribution in [-0.2, 0) is 9.53 Å². The minimum absolute atomic E-state index is 0.136. The Hall–Kier alpha value is -0.370. The zero-order valence-electron chi connectivity index (χ0n) is 9.42. The topological polar surface area (TPSA) is 26.3 Å². The van der Waals surface area contributed by atoms with Gasteiger partial charge in [0.15, 0.2) is 5.78 Å². The van der Waals surface area contributed by atoms with E-state index in [1.165, 1.54) is 19.3 Å². The van der Waals surface area contributed by atoms with Crippen molar-refractivity contribution in [3.8, 4) is 0 Å². The van der Waals surface area contributed by atoms with Crippen molar-refractivity contribution in [2.75, 3.05) is 6.61 Å². The highest BCUT2D eigenvalue weighted by atomic mass is 16.5. The van der Waals surface area contributed by atoms with Gasteiger partial charge in [-0.05, 0) is 26.2 Å². The quantitative estimate of drug-likeness (QED) is 0.679. The lowest BCUT2D eigenvalue weighted by molar-refractivity contribution is -0.135. The summed E-state index contributed by atoms with van der Waals surface area (Å²) in [5.41, 5.74) is 0. The van der Waals surface area contributed by atoms with Gasteiger partial charge in [0.1, 0.15) is 6.10 Å².